The molecule has 1 aromatic rings. The molecule has 0 bridgehead atoms. The van der Waals surface area contributed by atoms with Crippen LogP contribution in [0.5, 0.6) is 0 Å². The van der Waals surface area contributed by atoms with Crippen LogP contribution in [0.4, 0.5) is 5.69 Å². The Balaban J connectivity index is 2.05. The molecule has 0 saturated carbocycles. The van der Waals surface area contributed by atoms with Gasteiger partial charge in [-0.05, 0) is 30.7 Å². The molecule has 1 aliphatic heterocycles. The van der Waals surface area contributed by atoms with E-state index in [0.29, 0.717) is 17.9 Å². The Morgan fingerprint density at radius 3 is 2.25 bits per heavy atom. The Morgan fingerprint density at radius 2 is 1.70 bits per heavy atom. The molecular formula is C15H15NO4. The number of carbonyl (C=O) groups is 3. The van der Waals surface area contributed by atoms with Gasteiger partial charge in [-0.3, -0.25) is 9.59 Å². The summed E-state index contributed by atoms with van der Waals surface area (Å²) in [4.78, 5) is 35.8. The Hall–Kier alpha value is -2.43. The van der Waals surface area contributed by atoms with E-state index in [1.807, 2.05) is 6.92 Å². The SMILES string of the molecule is CCCCOC(=O)c1ccc(N2C(=O)C=CC2=O)cc1. The zero-order chi connectivity index (χ0) is 14.5. The summed E-state index contributed by atoms with van der Waals surface area (Å²) in [5.41, 5.74) is 0.840. The summed E-state index contributed by atoms with van der Waals surface area (Å²) in [6, 6.07) is 6.20. The van der Waals surface area contributed by atoms with Crippen LogP contribution in [-0.2, 0) is 14.3 Å². The molecule has 5 heteroatoms. The normalized spacial score (nSPS) is 13.9. The molecule has 0 spiro atoms. The van der Waals surface area contributed by atoms with Gasteiger partial charge in [0.15, 0.2) is 0 Å². The Labute approximate surface area is 116 Å². The summed E-state index contributed by atoms with van der Waals surface area (Å²) in [5.74, 6) is -1.16. The highest BCUT2D eigenvalue weighted by molar-refractivity contribution is 6.28. The molecule has 0 unspecified atom stereocenters. The number of carbonyl (C=O) groups excluding carboxylic acids is 3. The average molecular weight is 273 g/mol. The lowest BCUT2D eigenvalue weighted by Crippen LogP contribution is -2.29. The number of benzene rings is 1. The molecule has 0 aromatic heterocycles. The predicted octanol–water partition coefficient (Wildman–Crippen LogP) is 2.07. The molecule has 1 heterocycles. The molecule has 2 amide bonds. The molecule has 0 N–H and O–H groups in total. The van der Waals surface area contributed by atoms with E-state index in [0.717, 1.165) is 17.7 Å². The van der Waals surface area contributed by atoms with Gasteiger partial charge in [0.1, 0.15) is 0 Å². The largest absolute Gasteiger partial charge is 0.462 e. The molecule has 1 aliphatic rings. The van der Waals surface area contributed by atoms with Crippen molar-refractivity contribution in [1.29, 1.82) is 0 Å². The van der Waals surface area contributed by atoms with Gasteiger partial charge in [-0.25, -0.2) is 9.69 Å². The topological polar surface area (TPSA) is 63.7 Å². The molecule has 2 rings (SSSR count). The van der Waals surface area contributed by atoms with Crippen LogP contribution in [0.2, 0.25) is 0 Å². The van der Waals surface area contributed by atoms with Crippen LogP contribution in [0.25, 0.3) is 0 Å². The van der Waals surface area contributed by atoms with Crippen LogP contribution in [0.1, 0.15) is 30.1 Å². The Kier molecular flexibility index (Phi) is 4.30. The molecule has 1 aromatic carbocycles. The third kappa shape index (κ3) is 2.93. The van der Waals surface area contributed by atoms with Crippen LogP contribution in [0.15, 0.2) is 36.4 Å². The van der Waals surface area contributed by atoms with E-state index >= 15 is 0 Å². The van der Waals surface area contributed by atoms with Gasteiger partial charge in [-0.1, -0.05) is 13.3 Å². The van der Waals surface area contributed by atoms with Crippen molar-refractivity contribution in [1.82, 2.24) is 0 Å². The fraction of sp³-hybridized carbons (Fsp3) is 0.267. The highest BCUT2D eigenvalue weighted by Gasteiger charge is 2.25. The molecule has 0 saturated heterocycles. The number of ether oxygens (including phenoxy) is 1. The van der Waals surface area contributed by atoms with Gasteiger partial charge in [0.05, 0.1) is 17.9 Å². The van der Waals surface area contributed by atoms with Gasteiger partial charge in [0.2, 0.25) is 0 Å². The maximum atomic E-state index is 11.7. The minimum atomic E-state index is -0.401. The highest BCUT2D eigenvalue weighted by atomic mass is 16.5. The number of nitrogens with zero attached hydrogens (tertiary/aromatic N) is 1. The van der Waals surface area contributed by atoms with Crippen molar-refractivity contribution in [3.8, 4) is 0 Å². The second-order valence-corrected chi connectivity index (χ2v) is 4.38. The van der Waals surface area contributed by atoms with E-state index in [9.17, 15) is 14.4 Å². The Bertz CT molecular complexity index is 542. The van der Waals surface area contributed by atoms with Crippen LogP contribution in [0.3, 0.4) is 0 Å². The third-order valence-corrected chi connectivity index (χ3v) is 2.90. The predicted molar refractivity (Wildman–Crippen MR) is 73.3 cm³/mol. The second kappa shape index (κ2) is 6.14. The highest BCUT2D eigenvalue weighted by Crippen LogP contribution is 2.19. The number of imide groups is 1. The molecule has 104 valence electrons. The van der Waals surface area contributed by atoms with E-state index in [-0.39, 0.29) is 11.8 Å². The fourth-order valence-electron chi connectivity index (χ4n) is 1.79. The van der Waals surface area contributed by atoms with Crippen molar-refractivity contribution in [3.05, 3.63) is 42.0 Å². The number of hydrogen-bond donors (Lipinski definition) is 0. The molecule has 0 atom stereocenters. The minimum absolute atomic E-state index is 0.381. The quantitative estimate of drug-likeness (QED) is 0.468. The van der Waals surface area contributed by atoms with Gasteiger partial charge < -0.3 is 4.74 Å². The smallest absolute Gasteiger partial charge is 0.338 e. The summed E-state index contributed by atoms with van der Waals surface area (Å²) in [6.45, 7) is 2.41. The number of unbranched alkanes of at least 4 members (excludes halogenated alkanes) is 1. The first-order chi connectivity index (χ1) is 9.63. The van der Waals surface area contributed by atoms with Crippen molar-refractivity contribution in [2.24, 2.45) is 0 Å². The van der Waals surface area contributed by atoms with E-state index < -0.39 is 5.97 Å². The van der Waals surface area contributed by atoms with E-state index in [1.54, 1.807) is 24.3 Å². The van der Waals surface area contributed by atoms with Gasteiger partial charge in [0.25, 0.3) is 11.8 Å². The lowest BCUT2D eigenvalue weighted by atomic mass is 10.2. The molecule has 20 heavy (non-hydrogen) atoms. The van der Waals surface area contributed by atoms with E-state index in [1.165, 1.54) is 12.2 Å². The van der Waals surface area contributed by atoms with Crippen molar-refractivity contribution in [2.75, 3.05) is 11.5 Å². The first-order valence-corrected chi connectivity index (χ1v) is 6.47. The van der Waals surface area contributed by atoms with Gasteiger partial charge in [-0.15, -0.1) is 0 Å². The van der Waals surface area contributed by atoms with Crippen molar-refractivity contribution in [3.63, 3.8) is 0 Å². The molecule has 0 aliphatic carbocycles. The van der Waals surface area contributed by atoms with Crippen LogP contribution in [0, 0.1) is 0 Å². The van der Waals surface area contributed by atoms with Crippen molar-refractivity contribution < 1.29 is 19.1 Å². The lowest BCUT2D eigenvalue weighted by Gasteiger charge is -2.13. The van der Waals surface area contributed by atoms with Crippen LogP contribution >= 0.6 is 0 Å². The minimum Gasteiger partial charge on any atom is -0.462 e. The number of hydrogen-bond acceptors (Lipinski definition) is 4. The zero-order valence-corrected chi connectivity index (χ0v) is 11.2. The van der Waals surface area contributed by atoms with Gasteiger partial charge in [0, 0.05) is 12.2 Å². The first-order valence-electron chi connectivity index (χ1n) is 6.47. The summed E-state index contributed by atoms with van der Waals surface area (Å²) in [7, 11) is 0. The molecule has 0 fully saturated rings. The molecular weight excluding hydrogens is 258 g/mol. The van der Waals surface area contributed by atoms with Crippen LogP contribution < -0.4 is 4.90 Å². The third-order valence-electron chi connectivity index (χ3n) is 2.90. The average Bonchev–Trinajstić information content (AvgIpc) is 2.78. The molecule has 0 radical (unpaired) electrons. The summed E-state index contributed by atoms with van der Waals surface area (Å²) < 4.78 is 5.08. The zero-order valence-electron chi connectivity index (χ0n) is 11.2. The van der Waals surface area contributed by atoms with Gasteiger partial charge in [-0.2, -0.15) is 0 Å². The summed E-state index contributed by atoms with van der Waals surface area (Å²) in [6.07, 6.45) is 4.22. The number of anilines is 1. The maximum absolute atomic E-state index is 11.7. The van der Waals surface area contributed by atoms with Crippen LogP contribution in [-0.4, -0.2) is 24.4 Å². The lowest BCUT2D eigenvalue weighted by molar-refractivity contribution is -0.119. The number of rotatable bonds is 5. The summed E-state index contributed by atoms with van der Waals surface area (Å²) >= 11 is 0. The number of esters is 1. The van der Waals surface area contributed by atoms with E-state index in [4.69, 9.17) is 4.74 Å². The fourth-order valence-corrected chi connectivity index (χ4v) is 1.79. The maximum Gasteiger partial charge on any atom is 0.338 e. The second-order valence-electron chi connectivity index (χ2n) is 4.38. The van der Waals surface area contributed by atoms with Crippen molar-refractivity contribution in [2.45, 2.75) is 19.8 Å². The molecule has 5 nitrogen and oxygen atoms in total. The summed E-state index contributed by atoms with van der Waals surface area (Å²) in [5, 5.41) is 0. The first kappa shape index (κ1) is 14.0. The number of amides is 2. The standard InChI is InChI=1S/C15H15NO4/c1-2-3-10-20-15(19)11-4-6-12(7-5-11)16-13(17)8-9-14(16)18/h4-9H,2-3,10H2,1H3. The van der Waals surface area contributed by atoms with Gasteiger partial charge >= 0.3 is 5.97 Å². The Morgan fingerprint density at radius 1 is 1.10 bits per heavy atom. The van der Waals surface area contributed by atoms with Crippen molar-refractivity contribution >= 4 is 23.5 Å². The monoisotopic (exact) mass is 273 g/mol. The van der Waals surface area contributed by atoms with E-state index in [2.05, 4.69) is 0 Å².